The quantitative estimate of drug-likeness (QED) is 0.779. The van der Waals surface area contributed by atoms with Crippen molar-refractivity contribution in [3.8, 4) is 5.75 Å². The minimum absolute atomic E-state index is 0.0679. The molecule has 1 aliphatic rings. The number of carbonyl (C=O) groups excluding carboxylic acids is 2. The third-order valence-corrected chi connectivity index (χ3v) is 4.00. The number of hydrogen-bond donors (Lipinski definition) is 1. The summed E-state index contributed by atoms with van der Waals surface area (Å²) in [7, 11) is 0. The molecule has 134 valence electrons. The largest absolute Gasteiger partial charge is 0.483 e. The molecular formula is C18H16N2O6. The molecule has 26 heavy (non-hydrogen) atoms. The fourth-order valence-electron chi connectivity index (χ4n) is 2.75. The summed E-state index contributed by atoms with van der Waals surface area (Å²) in [5.41, 5.74) is 0.102. The number of likely N-dealkylation sites (tertiary alicyclic amines) is 1. The van der Waals surface area contributed by atoms with Crippen molar-refractivity contribution in [1.29, 1.82) is 0 Å². The fourth-order valence-corrected chi connectivity index (χ4v) is 2.75. The molecule has 0 aliphatic carbocycles. The Hall–Kier alpha value is -3.42. The number of pyridine rings is 1. The van der Waals surface area contributed by atoms with Gasteiger partial charge in [-0.3, -0.25) is 19.0 Å². The summed E-state index contributed by atoms with van der Waals surface area (Å²) in [5.74, 6) is -2.78. The summed E-state index contributed by atoms with van der Waals surface area (Å²) in [5, 5.41) is 9.50. The van der Waals surface area contributed by atoms with E-state index in [1.165, 1.54) is 18.3 Å². The van der Waals surface area contributed by atoms with E-state index in [9.17, 15) is 24.3 Å². The van der Waals surface area contributed by atoms with Gasteiger partial charge in [0.1, 0.15) is 6.61 Å². The number of amides is 2. The Labute approximate surface area is 148 Å². The minimum Gasteiger partial charge on any atom is -0.483 e. The zero-order valence-electron chi connectivity index (χ0n) is 13.7. The minimum atomic E-state index is -1.73. The molecule has 8 heteroatoms. The Morgan fingerprint density at radius 3 is 2.31 bits per heavy atom. The van der Waals surface area contributed by atoms with Gasteiger partial charge in [0, 0.05) is 19.0 Å². The molecule has 8 nitrogen and oxygen atoms in total. The molecule has 0 bridgehead atoms. The predicted octanol–water partition coefficient (Wildman–Crippen LogP) is 1.16. The Morgan fingerprint density at radius 2 is 1.69 bits per heavy atom. The molecule has 2 amide bonds. The van der Waals surface area contributed by atoms with Crippen molar-refractivity contribution in [3.63, 3.8) is 0 Å². The van der Waals surface area contributed by atoms with Gasteiger partial charge in [0.25, 0.3) is 5.56 Å². The summed E-state index contributed by atoms with van der Waals surface area (Å²) < 4.78 is 6.32. The summed E-state index contributed by atoms with van der Waals surface area (Å²) in [6.45, 7) is 0.124. The van der Waals surface area contributed by atoms with Crippen LogP contribution in [-0.2, 0) is 21.0 Å². The topological polar surface area (TPSA) is 106 Å². The van der Waals surface area contributed by atoms with E-state index in [0.717, 1.165) is 10.1 Å². The lowest BCUT2D eigenvalue weighted by Crippen LogP contribution is -2.45. The summed E-state index contributed by atoms with van der Waals surface area (Å²) in [4.78, 5) is 48.7. The maximum Gasteiger partial charge on any atom is 0.348 e. The van der Waals surface area contributed by atoms with Gasteiger partial charge in [-0.15, -0.1) is 0 Å². The number of imide groups is 1. The number of aromatic nitrogens is 1. The Kier molecular flexibility index (Phi) is 4.83. The lowest BCUT2D eigenvalue weighted by Gasteiger charge is -2.24. The van der Waals surface area contributed by atoms with Crippen LogP contribution < -0.4 is 10.3 Å². The third-order valence-electron chi connectivity index (χ3n) is 4.00. The highest BCUT2D eigenvalue weighted by Gasteiger charge is 2.40. The number of rotatable bonds is 6. The fraction of sp³-hybridized carbons (Fsp3) is 0.222. The van der Waals surface area contributed by atoms with Crippen molar-refractivity contribution in [2.75, 3.05) is 0 Å². The molecule has 1 N–H and O–H groups in total. The van der Waals surface area contributed by atoms with Crippen LogP contribution in [0.4, 0.5) is 0 Å². The lowest BCUT2D eigenvalue weighted by atomic mass is 10.2. The molecule has 3 rings (SSSR count). The van der Waals surface area contributed by atoms with Crippen molar-refractivity contribution in [3.05, 3.63) is 64.6 Å². The first kappa shape index (κ1) is 17.4. The molecule has 0 saturated carbocycles. The maximum atomic E-state index is 12.6. The van der Waals surface area contributed by atoms with Crippen molar-refractivity contribution >= 4 is 17.8 Å². The SMILES string of the molecule is O=C(O)C(N1C(=O)CCC1=O)n1cccc(OCc2ccccc2)c1=O. The number of nitrogens with zero attached hydrogens (tertiary/aromatic N) is 2. The van der Waals surface area contributed by atoms with Crippen molar-refractivity contribution in [2.24, 2.45) is 0 Å². The molecular weight excluding hydrogens is 340 g/mol. The van der Waals surface area contributed by atoms with Crippen molar-refractivity contribution < 1.29 is 24.2 Å². The van der Waals surface area contributed by atoms with E-state index in [4.69, 9.17) is 4.74 Å². The zero-order valence-corrected chi connectivity index (χ0v) is 13.7. The number of carboxylic acid groups (broad SMARTS) is 1. The van der Waals surface area contributed by atoms with Crippen molar-refractivity contribution in [1.82, 2.24) is 9.47 Å². The van der Waals surface area contributed by atoms with Crippen LogP contribution in [0.1, 0.15) is 24.6 Å². The highest BCUT2D eigenvalue weighted by atomic mass is 16.5. The second-order valence-corrected chi connectivity index (χ2v) is 5.73. The normalized spacial score (nSPS) is 15.2. The van der Waals surface area contributed by atoms with Crippen LogP contribution in [0.3, 0.4) is 0 Å². The second kappa shape index (κ2) is 7.22. The molecule has 1 fully saturated rings. The number of aliphatic carboxylic acids is 1. The average molecular weight is 356 g/mol. The lowest BCUT2D eigenvalue weighted by molar-refractivity contribution is -0.158. The molecule has 1 unspecified atom stereocenters. The first-order chi connectivity index (χ1) is 12.5. The molecule has 2 aromatic rings. The van der Waals surface area contributed by atoms with E-state index in [1.807, 2.05) is 30.3 Å². The first-order valence-electron chi connectivity index (χ1n) is 7.94. The molecule has 1 atom stereocenters. The van der Waals surface area contributed by atoms with Crippen LogP contribution in [0.25, 0.3) is 0 Å². The van der Waals surface area contributed by atoms with Crippen LogP contribution in [0, 0.1) is 0 Å². The number of ether oxygens (including phenoxy) is 1. The Morgan fingerprint density at radius 1 is 1.04 bits per heavy atom. The van der Waals surface area contributed by atoms with Crippen LogP contribution >= 0.6 is 0 Å². The molecule has 0 radical (unpaired) electrons. The Bertz CT molecular complexity index is 889. The van der Waals surface area contributed by atoms with E-state index >= 15 is 0 Å². The van der Waals surface area contributed by atoms with Crippen LogP contribution in [0.5, 0.6) is 5.75 Å². The van der Waals surface area contributed by atoms with E-state index in [0.29, 0.717) is 4.90 Å². The number of hydrogen-bond acceptors (Lipinski definition) is 5. The number of carbonyl (C=O) groups is 3. The van der Waals surface area contributed by atoms with Crippen LogP contribution in [0.15, 0.2) is 53.5 Å². The van der Waals surface area contributed by atoms with Gasteiger partial charge in [-0.25, -0.2) is 9.69 Å². The first-order valence-corrected chi connectivity index (χ1v) is 7.94. The van der Waals surface area contributed by atoms with Crippen LogP contribution in [-0.4, -0.2) is 32.4 Å². The van der Waals surface area contributed by atoms with Gasteiger partial charge >= 0.3 is 5.97 Å². The van der Waals surface area contributed by atoms with E-state index < -0.39 is 29.5 Å². The molecule has 1 aromatic carbocycles. The van der Waals surface area contributed by atoms with E-state index in [1.54, 1.807) is 0 Å². The molecule has 1 saturated heterocycles. The van der Waals surface area contributed by atoms with Gasteiger partial charge in [-0.05, 0) is 17.7 Å². The molecule has 2 heterocycles. The summed E-state index contributed by atoms with van der Waals surface area (Å²) >= 11 is 0. The molecule has 0 spiro atoms. The van der Waals surface area contributed by atoms with Gasteiger partial charge in [-0.2, -0.15) is 0 Å². The van der Waals surface area contributed by atoms with Crippen LogP contribution in [0.2, 0.25) is 0 Å². The highest BCUT2D eigenvalue weighted by molar-refractivity contribution is 6.04. The zero-order chi connectivity index (χ0) is 18.7. The Balaban J connectivity index is 1.91. The van der Waals surface area contributed by atoms with Gasteiger partial charge < -0.3 is 9.84 Å². The van der Waals surface area contributed by atoms with Gasteiger partial charge in [0.15, 0.2) is 5.75 Å². The van der Waals surface area contributed by atoms with Gasteiger partial charge in [0.05, 0.1) is 0 Å². The third kappa shape index (κ3) is 3.34. The number of benzene rings is 1. The monoisotopic (exact) mass is 356 g/mol. The number of carboxylic acids is 1. The van der Waals surface area contributed by atoms with Gasteiger partial charge in [-0.1, -0.05) is 30.3 Å². The summed E-state index contributed by atoms with van der Waals surface area (Å²) in [6, 6.07) is 12.0. The average Bonchev–Trinajstić information content (AvgIpc) is 2.95. The standard InChI is InChI=1S/C18H16N2O6/c21-14-8-9-15(22)20(14)16(18(24)25)19-10-4-7-13(17(19)23)26-11-12-5-2-1-3-6-12/h1-7,10,16H,8-9,11H2,(H,24,25). The maximum absolute atomic E-state index is 12.6. The second-order valence-electron chi connectivity index (χ2n) is 5.73. The van der Waals surface area contributed by atoms with E-state index in [-0.39, 0.29) is 25.2 Å². The molecule has 1 aromatic heterocycles. The summed E-state index contributed by atoms with van der Waals surface area (Å²) in [6.07, 6.45) is -0.649. The molecule has 1 aliphatic heterocycles. The van der Waals surface area contributed by atoms with Gasteiger partial charge in [0.2, 0.25) is 18.0 Å². The predicted molar refractivity (Wildman–Crippen MR) is 89.2 cm³/mol. The van der Waals surface area contributed by atoms with E-state index in [2.05, 4.69) is 0 Å². The smallest absolute Gasteiger partial charge is 0.348 e. The van der Waals surface area contributed by atoms with Crippen molar-refractivity contribution in [2.45, 2.75) is 25.6 Å². The highest BCUT2D eigenvalue weighted by Crippen LogP contribution is 2.22.